The smallest absolute Gasteiger partial charge is 0.298 e. The Balaban J connectivity index is 1.80. The number of ether oxygens (including phenoxy) is 1. The number of hydrogen-bond acceptors (Lipinski definition) is 7. The molecule has 2 aromatic carbocycles. The van der Waals surface area contributed by atoms with Gasteiger partial charge in [0.1, 0.15) is 29.8 Å². The highest BCUT2D eigenvalue weighted by Crippen LogP contribution is 2.39. The molecule has 1 aliphatic heterocycles. The number of hydrogen-bond donors (Lipinski definition) is 3. The van der Waals surface area contributed by atoms with Gasteiger partial charge < -0.3 is 25.8 Å². The summed E-state index contributed by atoms with van der Waals surface area (Å²) >= 11 is 0. The third-order valence-corrected chi connectivity index (χ3v) is 5.68. The topological polar surface area (TPSA) is 114 Å². The summed E-state index contributed by atoms with van der Waals surface area (Å²) in [5.41, 5.74) is 5.68. The van der Waals surface area contributed by atoms with E-state index in [1.807, 2.05) is 6.92 Å². The van der Waals surface area contributed by atoms with Crippen molar-refractivity contribution in [1.29, 1.82) is 0 Å². The summed E-state index contributed by atoms with van der Waals surface area (Å²) in [5.74, 6) is -3.90. The Morgan fingerprint density at radius 1 is 1.29 bits per heavy atom. The molecule has 34 heavy (non-hydrogen) atoms. The Hall–Kier alpha value is -3.60. The summed E-state index contributed by atoms with van der Waals surface area (Å²) in [6, 6.07) is 4.65. The monoisotopic (exact) mass is 475 g/mol. The number of alkyl halides is 2. The second-order valence-electron chi connectivity index (χ2n) is 8.08. The lowest BCUT2D eigenvalue weighted by atomic mass is 9.99. The molecule has 0 saturated carbocycles. The molecule has 0 spiro atoms. The highest BCUT2D eigenvalue weighted by molar-refractivity contribution is 6.02. The fraction of sp³-hybridized carbons (Fsp3) is 0.348. The lowest BCUT2D eigenvalue weighted by Crippen LogP contribution is -2.38. The number of halogens is 3. The maximum Gasteiger partial charge on any atom is 0.298 e. The van der Waals surface area contributed by atoms with Crippen molar-refractivity contribution in [1.82, 2.24) is 9.97 Å². The Labute approximate surface area is 193 Å². The molecule has 0 radical (unpaired) electrons. The standard InChI is InChI=1S/C23H24F3N5O3/c1-4-31-18-7-15-17(8-19(18)34-9-20(31)33)29-12(3)30-22(15)28-11(2)14-5-13(27)6-16(21(14)24)23(25,26)10-32/h5-8,11,32H,4,9-10,27H2,1-3H3,(H,28,29,30)/t11-/m1/s1. The summed E-state index contributed by atoms with van der Waals surface area (Å²) in [6.07, 6.45) is 0. The van der Waals surface area contributed by atoms with Gasteiger partial charge in [0, 0.05) is 29.2 Å². The first-order chi connectivity index (χ1) is 16.1. The summed E-state index contributed by atoms with van der Waals surface area (Å²) in [4.78, 5) is 22.7. The Bertz CT molecular complexity index is 1280. The number of nitrogens with one attached hydrogen (secondary N) is 1. The fourth-order valence-corrected chi connectivity index (χ4v) is 4.02. The number of likely N-dealkylation sites (N-methyl/N-ethyl adjacent to an activating group) is 1. The van der Waals surface area contributed by atoms with E-state index in [9.17, 15) is 13.6 Å². The maximum atomic E-state index is 15.1. The predicted octanol–water partition coefficient (Wildman–Crippen LogP) is 3.66. The summed E-state index contributed by atoms with van der Waals surface area (Å²) in [5, 5.41) is 12.6. The van der Waals surface area contributed by atoms with Crippen LogP contribution in [-0.2, 0) is 10.7 Å². The Morgan fingerprint density at radius 2 is 2.03 bits per heavy atom. The van der Waals surface area contributed by atoms with Gasteiger partial charge in [-0.05, 0) is 39.0 Å². The van der Waals surface area contributed by atoms with E-state index >= 15 is 4.39 Å². The zero-order chi connectivity index (χ0) is 24.8. The lowest BCUT2D eigenvalue weighted by molar-refractivity contribution is -0.121. The van der Waals surface area contributed by atoms with Crippen LogP contribution < -0.4 is 20.7 Å². The van der Waals surface area contributed by atoms with Crippen LogP contribution in [-0.4, -0.2) is 40.7 Å². The number of amides is 1. The molecule has 1 atom stereocenters. The van der Waals surface area contributed by atoms with E-state index in [1.54, 1.807) is 30.9 Å². The van der Waals surface area contributed by atoms with Gasteiger partial charge >= 0.3 is 0 Å². The number of anilines is 3. The first-order valence-corrected chi connectivity index (χ1v) is 10.7. The van der Waals surface area contributed by atoms with Crippen molar-refractivity contribution in [3.63, 3.8) is 0 Å². The van der Waals surface area contributed by atoms with Gasteiger partial charge in [0.25, 0.3) is 11.8 Å². The Morgan fingerprint density at radius 3 is 2.71 bits per heavy atom. The minimum Gasteiger partial charge on any atom is -0.481 e. The maximum absolute atomic E-state index is 15.1. The molecule has 1 aliphatic rings. The van der Waals surface area contributed by atoms with Crippen molar-refractivity contribution < 1.29 is 27.8 Å². The molecule has 2 heterocycles. The number of nitrogens with zero attached hydrogens (tertiary/aromatic N) is 3. The largest absolute Gasteiger partial charge is 0.481 e. The second-order valence-corrected chi connectivity index (χ2v) is 8.08. The van der Waals surface area contributed by atoms with Gasteiger partial charge in [0.15, 0.2) is 6.61 Å². The number of benzene rings is 2. The molecular weight excluding hydrogens is 451 g/mol. The zero-order valence-corrected chi connectivity index (χ0v) is 18.8. The van der Waals surface area contributed by atoms with Crippen LogP contribution in [0.2, 0.25) is 0 Å². The molecule has 0 aliphatic carbocycles. The number of carbonyl (C=O) groups is 1. The molecule has 0 bridgehead atoms. The molecule has 0 fully saturated rings. The van der Waals surface area contributed by atoms with Crippen LogP contribution in [0.5, 0.6) is 5.75 Å². The van der Waals surface area contributed by atoms with Crippen LogP contribution in [0.3, 0.4) is 0 Å². The number of aryl methyl sites for hydroxylation is 1. The van der Waals surface area contributed by atoms with E-state index in [1.165, 1.54) is 6.07 Å². The predicted molar refractivity (Wildman–Crippen MR) is 122 cm³/mol. The van der Waals surface area contributed by atoms with Crippen molar-refractivity contribution in [3.05, 3.63) is 47.0 Å². The number of aromatic nitrogens is 2. The van der Waals surface area contributed by atoms with Gasteiger partial charge in [0.2, 0.25) is 0 Å². The highest BCUT2D eigenvalue weighted by Gasteiger charge is 2.36. The fourth-order valence-electron chi connectivity index (χ4n) is 4.02. The van der Waals surface area contributed by atoms with Crippen LogP contribution in [0.15, 0.2) is 24.3 Å². The number of aliphatic hydroxyl groups is 1. The number of aliphatic hydroxyl groups excluding tert-OH is 1. The van der Waals surface area contributed by atoms with Crippen molar-refractivity contribution in [2.45, 2.75) is 32.7 Å². The molecule has 8 nitrogen and oxygen atoms in total. The third-order valence-electron chi connectivity index (χ3n) is 5.68. The quantitative estimate of drug-likeness (QED) is 0.466. The second kappa shape index (κ2) is 8.64. The number of fused-ring (bicyclic) bond motifs is 2. The first-order valence-electron chi connectivity index (χ1n) is 10.7. The van der Waals surface area contributed by atoms with E-state index in [0.717, 1.165) is 6.07 Å². The number of rotatable bonds is 6. The highest BCUT2D eigenvalue weighted by atomic mass is 19.3. The van der Waals surface area contributed by atoms with Gasteiger partial charge in [-0.3, -0.25) is 4.79 Å². The summed E-state index contributed by atoms with van der Waals surface area (Å²) < 4.78 is 48.8. The van der Waals surface area contributed by atoms with Gasteiger partial charge in [0.05, 0.1) is 22.8 Å². The van der Waals surface area contributed by atoms with Crippen LogP contribution in [0, 0.1) is 12.7 Å². The average Bonchev–Trinajstić information content (AvgIpc) is 2.79. The molecular formula is C23H24F3N5O3. The molecule has 11 heteroatoms. The van der Waals surface area contributed by atoms with E-state index in [4.69, 9.17) is 15.6 Å². The number of nitrogens with two attached hydrogens (primary N) is 1. The van der Waals surface area contributed by atoms with Crippen LogP contribution in [0.1, 0.15) is 36.8 Å². The van der Waals surface area contributed by atoms with Gasteiger partial charge in [-0.1, -0.05) is 0 Å². The molecule has 0 unspecified atom stereocenters. The minimum atomic E-state index is -3.79. The number of carbonyl (C=O) groups excluding carboxylic acids is 1. The SMILES string of the molecule is CCN1C(=O)COc2cc3nc(C)nc(N[C@H](C)c4cc(N)cc(C(F)(F)CO)c4F)c3cc21. The molecule has 4 rings (SSSR count). The summed E-state index contributed by atoms with van der Waals surface area (Å²) in [6.45, 7) is 3.90. The third kappa shape index (κ3) is 4.07. The average molecular weight is 475 g/mol. The molecule has 1 amide bonds. The van der Waals surface area contributed by atoms with Crippen molar-refractivity contribution in [2.24, 2.45) is 0 Å². The van der Waals surface area contributed by atoms with Crippen molar-refractivity contribution in [3.8, 4) is 5.75 Å². The van der Waals surface area contributed by atoms with E-state index < -0.39 is 30.0 Å². The Kier molecular flexibility index (Phi) is 5.98. The zero-order valence-electron chi connectivity index (χ0n) is 18.8. The van der Waals surface area contributed by atoms with Crippen LogP contribution in [0.25, 0.3) is 10.9 Å². The first kappa shape index (κ1) is 23.6. The normalized spacial score (nSPS) is 14.7. The minimum absolute atomic E-state index is 0.0692. The molecule has 0 saturated heterocycles. The number of nitrogen functional groups attached to an aromatic ring is 1. The van der Waals surface area contributed by atoms with Gasteiger partial charge in [-0.2, -0.15) is 8.78 Å². The van der Waals surface area contributed by atoms with Crippen LogP contribution >= 0.6 is 0 Å². The van der Waals surface area contributed by atoms with E-state index in [-0.39, 0.29) is 23.8 Å². The molecule has 180 valence electrons. The van der Waals surface area contributed by atoms with Crippen molar-refractivity contribution in [2.75, 3.05) is 35.7 Å². The molecule has 1 aromatic heterocycles. The van der Waals surface area contributed by atoms with Gasteiger partial charge in [-0.15, -0.1) is 0 Å². The lowest BCUT2D eigenvalue weighted by Gasteiger charge is -2.29. The van der Waals surface area contributed by atoms with Crippen molar-refractivity contribution >= 4 is 34.0 Å². The van der Waals surface area contributed by atoms with E-state index in [0.29, 0.717) is 40.5 Å². The van der Waals surface area contributed by atoms with Gasteiger partial charge in [-0.25, -0.2) is 14.4 Å². The molecule has 4 N–H and O–H groups in total. The molecule has 3 aromatic rings. The van der Waals surface area contributed by atoms with Crippen LogP contribution in [0.4, 0.5) is 30.4 Å². The summed E-state index contributed by atoms with van der Waals surface area (Å²) in [7, 11) is 0. The van der Waals surface area contributed by atoms with E-state index in [2.05, 4.69) is 15.3 Å².